The summed E-state index contributed by atoms with van der Waals surface area (Å²) >= 11 is 0. The van der Waals surface area contributed by atoms with Crippen LogP contribution in [0.2, 0.25) is 0 Å². The number of amides is 1. The lowest BCUT2D eigenvalue weighted by molar-refractivity contribution is -0.384. The molecule has 0 aliphatic heterocycles. The summed E-state index contributed by atoms with van der Waals surface area (Å²) in [5.41, 5.74) is 1.09. The molecule has 0 spiro atoms. The molecule has 0 saturated heterocycles. The number of carbonyl (C=O) groups is 2. The van der Waals surface area contributed by atoms with E-state index in [9.17, 15) is 24.8 Å². The second kappa shape index (κ2) is 7.19. The molecule has 1 N–H and O–H groups in total. The van der Waals surface area contributed by atoms with E-state index >= 15 is 0 Å². The minimum Gasteiger partial charge on any atom is -0.543 e. The van der Waals surface area contributed by atoms with E-state index in [-0.39, 0.29) is 5.69 Å². The van der Waals surface area contributed by atoms with Gasteiger partial charge in [0.25, 0.3) is 11.6 Å². The van der Waals surface area contributed by atoms with Crippen LogP contribution in [-0.2, 0) is 4.79 Å². The Morgan fingerprint density at radius 2 is 1.62 bits per heavy atom. The summed E-state index contributed by atoms with van der Waals surface area (Å²) in [4.78, 5) is 33.3. The first-order chi connectivity index (χ1) is 11.4. The maximum Gasteiger partial charge on any atom is 0.269 e. The Labute approximate surface area is 137 Å². The first-order valence-electron chi connectivity index (χ1n) is 6.92. The predicted molar refractivity (Wildman–Crippen MR) is 84.7 cm³/mol. The van der Waals surface area contributed by atoms with Crippen LogP contribution in [0, 0.1) is 17.0 Å². The highest BCUT2D eigenvalue weighted by Gasteiger charge is 2.09. The third-order valence-corrected chi connectivity index (χ3v) is 3.20. The van der Waals surface area contributed by atoms with Crippen molar-refractivity contribution in [2.24, 2.45) is 0 Å². The average molecular weight is 325 g/mol. The second-order valence-corrected chi connectivity index (χ2v) is 5.01. The highest BCUT2D eigenvalue weighted by molar-refractivity contribution is 6.02. The Morgan fingerprint density at radius 1 is 1.04 bits per heavy atom. The molecule has 1 amide bonds. The van der Waals surface area contributed by atoms with Gasteiger partial charge in [-0.1, -0.05) is 17.7 Å². The van der Waals surface area contributed by atoms with Crippen LogP contribution in [0.25, 0.3) is 6.08 Å². The molecule has 0 heterocycles. The van der Waals surface area contributed by atoms with Crippen molar-refractivity contribution < 1.29 is 19.6 Å². The maximum atomic E-state index is 12.1. The smallest absolute Gasteiger partial charge is 0.269 e. The van der Waals surface area contributed by atoms with Crippen molar-refractivity contribution in [2.75, 3.05) is 0 Å². The highest BCUT2D eigenvalue weighted by Crippen LogP contribution is 2.14. The van der Waals surface area contributed by atoms with E-state index in [0.29, 0.717) is 11.1 Å². The normalized spacial score (nSPS) is 11.0. The lowest BCUT2D eigenvalue weighted by atomic mass is 10.1. The van der Waals surface area contributed by atoms with Gasteiger partial charge in [-0.15, -0.1) is 0 Å². The number of hydrogen-bond acceptors (Lipinski definition) is 5. The van der Waals surface area contributed by atoms with E-state index in [0.717, 1.165) is 5.56 Å². The number of aryl methyl sites for hydroxylation is 1. The number of carboxylic acid groups (broad SMARTS) is 1. The van der Waals surface area contributed by atoms with E-state index in [1.54, 1.807) is 24.3 Å². The third kappa shape index (κ3) is 4.26. The van der Waals surface area contributed by atoms with Gasteiger partial charge in [-0.25, -0.2) is 0 Å². The van der Waals surface area contributed by atoms with Crippen LogP contribution in [0.3, 0.4) is 0 Å². The second-order valence-electron chi connectivity index (χ2n) is 5.01. The van der Waals surface area contributed by atoms with Gasteiger partial charge in [0.15, 0.2) is 0 Å². The van der Waals surface area contributed by atoms with Gasteiger partial charge in [0.05, 0.1) is 16.6 Å². The third-order valence-electron chi connectivity index (χ3n) is 3.20. The number of nitro groups is 1. The molecule has 0 atom stereocenters. The van der Waals surface area contributed by atoms with Crippen LogP contribution < -0.4 is 10.4 Å². The lowest BCUT2D eigenvalue weighted by Gasteiger charge is -2.11. The van der Waals surface area contributed by atoms with Crippen molar-refractivity contribution in [3.63, 3.8) is 0 Å². The Kier molecular flexibility index (Phi) is 5.06. The SMILES string of the molecule is Cc1ccc(C(=O)N/C(=C\c2ccc([N+](=O)[O-])cc2)C(=O)[O-])cc1. The van der Waals surface area contributed by atoms with Crippen LogP contribution in [0.4, 0.5) is 5.69 Å². The molecule has 2 rings (SSSR count). The number of rotatable bonds is 5. The molecule has 122 valence electrons. The molecule has 0 bridgehead atoms. The van der Waals surface area contributed by atoms with E-state index in [1.807, 2.05) is 6.92 Å². The molecule has 0 aromatic heterocycles. The number of hydrogen-bond donors (Lipinski definition) is 1. The summed E-state index contributed by atoms with van der Waals surface area (Å²) in [5, 5.41) is 24.1. The molecular weight excluding hydrogens is 312 g/mol. The van der Waals surface area contributed by atoms with Crippen molar-refractivity contribution in [2.45, 2.75) is 6.92 Å². The van der Waals surface area contributed by atoms with E-state index in [1.165, 1.54) is 30.3 Å². The van der Waals surface area contributed by atoms with Gasteiger partial charge in [-0.05, 0) is 42.8 Å². The van der Waals surface area contributed by atoms with Gasteiger partial charge in [-0.2, -0.15) is 0 Å². The topological polar surface area (TPSA) is 112 Å². The van der Waals surface area contributed by atoms with E-state index in [2.05, 4.69) is 5.32 Å². The number of non-ortho nitro benzene ring substituents is 1. The summed E-state index contributed by atoms with van der Waals surface area (Å²) in [7, 11) is 0. The summed E-state index contributed by atoms with van der Waals surface area (Å²) in [6, 6.07) is 11.8. The number of nitro benzene ring substituents is 1. The highest BCUT2D eigenvalue weighted by atomic mass is 16.6. The zero-order valence-corrected chi connectivity index (χ0v) is 12.7. The van der Waals surface area contributed by atoms with Gasteiger partial charge >= 0.3 is 0 Å². The van der Waals surface area contributed by atoms with Crippen LogP contribution in [0.1, 0.15) is 21.5 Å². The molecule has 2 aromatic rings. The largest absolute Gasteiger partial charge is 0.543 e. The van der Waals surface area contributed by atoms with E-state index < -0.39 is 22.5 Å². The molecule has 2 aromatic carbocycles. The van der Waals surface area contributed by atoms with Crippen molar-refractivity contribution in [1.82, 2.24) is 5.32 Å². The zero-order valence-electron chi connectivity index (χ0n) is 12.7. The number of carbonyl (C=O) groups excluding carboxylic acids is 2. The fourth-order valence-corrected chi connectivity index (χ4v) is 1.90. The standard InChI is InChI=1S/C17H14N2O5/c1-11-2-6-13(7-3-11)16(20)18-15(17(21)22)10-12-4-8-14(9-5-12)19(23)24/h2-10H,1H3,(H,18,20)(H,21,22)/p-1/b15-10-. The van der Waals surface area contributed by atoms with Gasteiger partial charge in [0, 0.05) is 17.7 Å². The van der Waals surface area contributed by atoms with Crippen molar-refractivity contribution in [1.29, 1.82) is 0 Å². The van der Waals surface area contributed by atoms with Crippen LogP contribution in [0.15, 0.2) is 54.2 Å². The molecular formula is C17H13N2O5-. The van der Waals surface area contributed by atoms with Crippen molar-refractivity contribution >= 4 is 23.6 Å². The molecule has 0 aliphatic carbocycles. The van der Waals surface area contributed by atoms with Gasteiger partial charge in [-0.3, -0.25) is 14.9 Å². The molecule has 24 heavy (non-hydrogen) atoms. The number of aliphatic carboxylic acids is 1. The van der Waals surface area contributed by atoms with Gasteiger partial charge in [0.2, 0.25) is 0 Å². The van der Waals surface area contributed by atoms with Crippen LogP contribution >= 0.6 is 0 Å². The molecule has 0 saturated carbocycles. The number of nitrogens with one attached hydrogen (secondary N) is 1. The Balaban J connectivity index is 2.22. The molecule has 0 aliphatic rings. The van der Waals surface area contributed by atoms with Crippen molar-refractivity contribution in [3.8, 4) is 0 Å². The van der Waals surface area contributed by atoms with Gasteiger partial charge in [0.1, 0.15) is 0 Å². The first-order valence-corrected chi connectivity index (χ1v) is 6.92. The fourth-order valence-electron chi connectivity index (χ4n) is 1.90. The minimum absolute atomic E-state index is 0.120. The zero-order chi connectivity index (χ0) is 17.7. The summed E-state index contributed by atoms with van der Waals surface area (Å²) < 4.78 is 0. The quantitative estimate of drug-likeness (QED) is 0.507. The Bertz CT molecular complexity index is 808. The Morgan fingerprint density at radius 3 is 2.12 bits per heavy atom. The number of nitrogens with zero attached hydrogens (tertiary/aromatic N) is 1. The monoisotopic (exact) mass is 325 g/mol. The number of carboxylic acids is 1. The van der Waals surface area contributed by atoms with Gasteiger partial charge < -0.3 is 15.2 Å². The molecule has 0 unspecified atom stereocenters. The summed E-state index contributed by atoms with van der Waals surface area (Å²) in [6.45, 7) is 1.86. The lowest BCUT2D eigenvalue weighted by Crippen LogP contribution is -2.35. The molecule has 0 radical (unpaired) electrons. The van der Waals surface area contributed by atoms with E-state index in [4.69, 9.17) is 0 Å². The summed E-state index contributed by atoms with van der Waals surface area (Å²) in [5.74, 6) is -2.15. The fraction of sp³-hybridized carbons (Fsp3) is 0.0588. The molecule has 7 heteroatoms. The number of benzene rings is 2. The molecule has 0 fully saturated rings. The van der Waals surface area contributed by atoms with Crippen LogP contribution in [-0.4, -0.2) is 16.8 Å². The summed E-state index contributed by atoms with van der Waals surface area (Å²) in [6.07, 6.45) is 1.17. The van der Waals surface area contributed by atoms with Crippen molar-refractivity contribution in [3.05, 3.63) is 81.0 Å². The average Bonchev–Trinajstić information content (AvgIpc) is 2.55. The predicted octanol–water partition coefficient (Wildman–Crippen LogP) is 1.42. The minimum atomic E-state index is -1.56. The first kappa shape index (κ1) is 16.9. The maximum absolute atomic E-state index is 12.1. The Hall–Kier alpha value is -3.48. The molecule has 7 nitrogen and oxygen atoms in total. The van der Waals surface area contributed by atoms with Crippen LogP contribution in [0.5, 0.6) is 0 Å².